The lowest BCUT2D eigenvalue weighted by Crippen LogP contribution is -2.38. The van der Waals surface area contributed by atoms with Gasteiger partial charge >= 0.3 is 0 Å². The van der Waals surface area contributed by atoms with Crippen LogP contribution in [0.2, 0.25) is 0 Å². The van der Waals surface area contributed by atoms with Crippen LogP contribution >= 0.6 is 0 Å². The van der Waals surface area contributed by atoms with Crippen LogP contribution in [0.3, 0.4) is 0 Å². The third kappa shape index (κ3) is 6.25. The first-order chi connectivity index (χ1) is 8.86. The standard InChI is InChI=1S/C14H23N3O/c1-3-15-14(16-10-7-11-18-2)17-12-13-8-5-4-6-9-13/h4-6,8-9H,3,7,10-12H2,1-2H3,(H2,15,16,17). The van der Waals surface area contributed by atoms with E-state index >= 15 is 0 Å². The Labute approximate surface area is 109 Å². The van der Waals surface area contributed by atoms with Crippen LogP contribution in [0.1, 0.15) is 18.9 Å². The normalized spacial score (nSPS) is 11.3. The molecule has 0 amide bonds. The van der Waals surface area contributed by atoms with Crippen LogP contribution in [0.4, 0.5) is 0 Å². The van der Waals surface area contributed by atoms with Crippen molar-refractivity contribution in [1.29, 1.82) is 0 Å². The molecule has 0 aromatic heterocycles. The third-order valence-corrected chi connectivity index (χ3v) is 2.42. The van der Waals surface area contributed by atoms with Crippen molar-refractivity contribution in [2.24, 2.45) is 4.99 Å². The molecule has 1 aromatic carbocycles. The number of rotatable bonds is 7. The van der Waals surface area contributed by atoms with Gasteiger partial charge in [0.2, 0.25) is 0 Å². The summed E-state index contributed by atoms with van der Waals surface area (Å²) in [7, 11) is 1.72. The molecule has 0 radical (unpaired) electrons. The van der Waals surface area contributed by atoms with Crippen molar-refractivity contribution in [3.8, 4) is 0 Å². The highest BCUT2D eigenvalue weighted by Crippen LogP contribution is 1.99. The molecule has 0 saturated heterocycles. The first kappa shape index (κ1) is 14.5. The largest absolute Gasteiger partial charge is 0.385 e. The van der Waals surface area contributed by atoms with E-state index in [1.165, 1.54) is 5.56 Å². The average molecular weight is 249 g/mol. The topological polar surface area (TPSA) is 45.7 Å². The highest BCUT2D eigenvalue weighted by Gasteiger charge is 1.96. The zero-order valence-corrected chi connectivity index (χ0v) is 11.3. The van der Waals surface area contributed by atoms with Gasteiger partial charge in [0.1, 0.15) is 0 Å². The molecule has 2 N–H and O–H groups in total. The molecule has 1 rings (SSSR count). The first-order valence-corrected chi connectivity index (χ1v) is 6.42. The minimum atomic E-state index is 0.695. The molecule has 0 heterocycles. The van der Waals surface area contributed by atoms with Crippen molar-refractivity contribution in [3.63, 3.8) is 0 Å². The molecular weight excluding hydrogens is 226 g/mol. The molecule has 4 heteroatoms. The fourth-order valence-corrected chi connectivity index (χ4v) is 1.52. The molecule has 0 fully saturated rings. The summed E-state index contributed by atoms with van der Waals surface area (Å²) in [5.74, 6) is 0.859. The lowest BCUT2D eigenvalue weighted by molar-refractivity contribution is 0.195. The van der Waals surface area contributed by atoms with Gasteiger partial charge in [-0.25, -0.2) is 4.99 Å². The van der Waals surface area contributed by atoms with E-state index in [1.807, 2.05) is 18.2 Å². The molecule has 0 aliphatic heterocycles. The minimum Gasteiger partial charge on any atom is -0.385 e. The van der Waals surface area contributed by atoms with Gasteiger partial charge in [-0.15, -0.1) is 0 Å². The minimum absolute atomic E-state index is 0.695. The average Bonchev–Trinajstić information content (AvgIpc) is 2.42. The quantitative estimate of drug-likeness (QED) is 0.440. The Kier molecular flexibility index (Phi) is 7.64. The lowest BCUT2D eigenvalue weighted by atomic mass is 10.2. The molecule has 100 valence electrons. The van der Waals surface area contributed by atoms with Gasteiger partial charge in [-0.05, 0) is 18.9 Å². The summed E-state index contributed by atoms with van der Waals surface area (Å²) in [5, 5.41) is 6.51. The Morgan fingerprint density at radius 3 is 2.67 bits per heavy atom. The number of nitrogens with one attached hydrogen (secondary N) is 2. The maximum atomic E-state index is 5.01. The van der Waals surface area contributed by atoms with Gasteiger partial charge < -0.3 is 15.4 Å². The molecule has 0 unspecified atom stereocenters. The smallest absolute Gasteiger partial charge is 0.191 e. The zero-order valence-electron chi connectivity index (χ0n) is 11.3. The van der Waals surface area contributed by atoms with Crippen LogP contribution in [0.15, 0.2) is 35.3 Å². The molecule has 4 nitrogen and oxygen atoms in total. The van der Waals surface area contributed by atoms with E-state index in [9.17, 15) is 0 Å². The third-order valence-electron chi connectivity index (χ3n) is 2.42. The molecule has 0 spiro atoms. The van der Waals surface area contributed by atoms with Crippen molar-refractivity contribution in [2.75, 3.05) is 26.8 Å². The van der Waals surface area contributed by atoms with Crippen molar-refractivity contribution < 1.29 is 4.74 Å². The number of guanidine groups is 1. The summed E-state index contributed by atoms with van der Waals surface area (Å²) < 4.78 is 5.01. The lowest BCUT2D eigenvalue weighted by Gasteiger charge is -2.10. The number of nitrogens with zero attached hydrogens (tertiary/aromatic N) is 1. The highest BCUT2D eigenvalue weighted by molar-refractivity contribution is 5.79. The molecule has 0 aliphatic carbocycles. The van der Waals surface area contributed by atoms with Gasteiger partial charge in [0.15, 0.2) is 5.96 Å². The predicted octanol–water partition coefficient (Wildman–Crippen LogP) is 1.78. The summed E-state index contributed by atoms with van der Waals surface area (Å²) >= 11 is 0. The summed E-state index contributed by atoms with van der Waals surface area (Å²) in [5.41, 5.74) is 1.21. The monoisotopic (exact) mass is 249 g/mol. The van der Waals surface area contributed by atoms with Gasteiger partial charge in [0.05, 0.1) is 6.54 Å². The van der Waals surface area contributed by atoms with Crippen LogP contribution in [0.25, 0.3) is 0 Å². The van der Waals surface area contributed by atoms with Crippen molar-refractivity contribution in [1.82, 2.24) is 10.6 Å². The molecule has 0 atom stereocenters. The Hall–Kier alpha value is -1.55. The van der Waals surface area contributed by atoms with E-state index in [0.717, 1.165) is 32.1 Å². The van der Waals surface area contributed by atoms with E-state index < -0.39 is 0 Å². The van der Waals surface area contributed by atoms with E-state index in [4.69, 9.17) is 4.74 Å². The fourth-order valence-electron chi connectivity index (χ4n) is 1.52. The second kappa shape index (κ2) is 9.48. The van der Waals surface area contributed by atoms with Crippen LogP contribution in [-0.4, -0.2) is 32.8 Å². The molecular formula is C14H23N3O. The molecule has 18 heavy (non-hydrogen) atoms. The Morgan fingerprint density at radius 1 is 1.22 bits per heavy atom. The maximum Gasteiger partial charge on any atom is 0.191 e. The summed E-state index contributed by atoms with van der Waals surface area (Å²) in [6.45, 7) is 5.26. The van der Waals surface area contributed by atoms with E-state index in [-0.39, 0.29) is 0 Å². The SMILES string of the molecule is CCNC(=NCc1ccccc1)NCCCOC. The predicted molar refractivity (Wildman–Crippen MR) is 75.8 cm³/mol. The number of benzene rings is 1. The number of hydrogen-bond acceptors (Lipinski definition) is 2. The molecule has 0 saturated carbocycles. The summed E-state index contributed by atoms with van der Waals surface area (Å²) in [6, 6.07) is 10.2. The highest BCUT2D eigenvalue weighted by atomic mass is 16.5. The van der Waals surface area contributed by atoms with E-state index in [0.29, 0.717) is 6.54 Å². The molecule has 1 aromatic rings. The van der Waals surface area contributed by atoms with Crippen molar-refractivity contribution >= 4 is 5.96 Å². The molecule has 0 aliphatic rings. The summed E-state index contributed by atoms with van der Waals surface area (Å²) in [6.07, 6.45) is 0.978. The van der Waals surface area contributed by atoms with E-state index in [2.05, 4.69) is 34.7 Å². The van der Waals surface area contributed by atoms with Gasteiger partial charge in [-0.2, -0.15) is 0 Å². The van der Waals surface area contributed by atoms with Gasteiger partial charge in [-0.3, -0.25) is 0 Å². The van der Waals surface area contributed by atoms with Crippen molar-refractivity contribution in [2.45, 2.75) is 19.9 Å². The number of aliphatic imine (C=N–C) groups is 1. The summed E-state index contributed by atoms with van der Waals surface area (Å²) in [4.78, 5) is 4.53. The Morgan fingerprint density at radius 2 is 2.00 bits per heavy atom. The number of ether oxygens (including phenoxy) is 1. The van der Waals surface area contributed by atoms with Crippen LogP contribution in [-0.2, 0) is 11.3 Å². The van der Waals surface area contributed by atoms with Gasteiger partial charge in [0, 0.05) is 26.8 Å². The van der Waals surface area contributed by atoms with Gasteiger partial charge in [0.25, 0.3) is 0 Å². The van der Waals surface area contributed by atoms with Crippen LogP contribution in [0, 0.1) is 0 Å². The van der Waals surface area contributed by atoms with Crippen LogP contribution in [0.5, 0.6) is 0 Å². The number of methoxy groups -OCH3 is 1. The van der Waals surface area contributed by atoms with E-state index in [1.54, 1.807) is 7.11 Å². The first-order valence-electron chi connectivity index (χ1n) is 6.42. The molecule has 0 bridgehead atoms. The van der Waals surface area contributed by atoms with Gasteiger partial charge in [-0.1, -0.05) is 30.3 Å². The Balaban J connectivity index is 2.40. The fraction of sp³-hybridized carbons (Fsp3) is 0.500. The Bertz CT molecular complexity index is 338. The zero-order chi connectivity index (χ0) is 13.1. The second-order valence-corrected chi connectivity index (χ2v) is 3.95. The number of hydrogen-bond donors (Lipinski definition) is 2. The van der Waals surface area contributed by atoms with Crippen LogP contribution < -0.4 is 10.6 Å². The van der Waals surface area contributed by atoms with Crippen molar-refractivity contribution in [3.05, 3.63) is 35.9 Å². The second-order valence-electron chi connectivity index (χ2n) is 3.95. The maximum absolute atomic E-state index is 5.01.